The summed E-state index contributed by atoms with van der Waals surface area (Å²) in [5.41, 5.74) is 4.57. The van der Waals surface area contributed by atoms with E-state index in [0.717, 1.165) is 6.42 Å². The van der Waals surface area contributed by atoms with Gasteiger partial charge in [0.1, 0.15) is 0 Å². The smallest absolute Gasteiger partial charge is 0.480 e. The minimum atomic E-state index is -0.968. The molecule has 3 nitrogen and oxygen atoms in total. The van der Waals surface area contributed by atoms with E-state index in [1.165, 1.54) is 96.3 Å². The monoisotopic (exact) mass is 351 g/mol. The summed E-state index contributed by atoms with van der Waals surface area (Å²) in [5, 5.41) is 7.60. The maximum atomic E-state index is 9.24. The van der Waals surface area contributed by atoms with Crippen LogP contribution in [0.25, 0.3) is 0 Å². The van der Waals surface area contributed by atoms with Crippen LogP contribution in [0.2, 0.25) is 0 Å². The minimum Gasteiger partial charge on any atom is -0.480 e. The molecule has 0 spiro atoms. The molecule has 0 heterocycles. The molecule has 24 heavy (non-hydrogen) atoms. The summed E-state index contributed by atoms with van der Waals surface area (Å²) in [6, 6.07) is 0. The van der Waals surface area contributed by atoms with Crippen LogP contribution in [0.5, 0.6) is 0 Å². The van der Waals surface area contributed by atoms with Crippen LogP contribution >= 0.6 is 0 Å². The first-order valence-electron chi connectivity index (χ1n) is 9.90. The first kappa shape index (κ1) is 29.2. The fourth-order valence-corrected chi connectivity index (χ4v) is 2.55. The zero-order chi connectivity index (χ0) is 17.6. The molecular weight excluding hydrogens is 309 g/mol. The molecule has 0 fully saturated rings. The van der Waals surface area contributed by atoms with Gasteiger partial charge in [0.15, 0.2) is 0 Å². The van der Waals surface area contributed by atoms with Gasteiger partial charge in [-0.1, -0.05) is 103 Å². The van der Waals surface area contributed by atoms with Crippen LogP contribution in [0.1, 0.15) is 110 Å². The van der Waals surface area contributed by atoms with E-state index < -0.39 is 5.97 Å². The summed E-state index contributed by atoms with van der Waals surface area (Å²) in [6.07, 6.45) is 22.8. The van der Waals surface area contributed by atoms with Crippen molar-refractivity contribution in [1.82, 2.24) is 0 Å². The molecule has 140 valence electrons. The van der Waals surface area contributed by atoms with E-state index >= 15 is 0 Å². The van der Waals surface area contributed by atoms with Gasteiger partial charge in [-0.05, 0) is 0 Å². The molecule has 0 saturated carbocycles. The van der Waals surface area contributed by atoms with E-state index in [9.17, 15) is 4.79 Å². The normalized spacial score (nSPS) is 9.79. The third kappa shape index (κ3) is 33.9. The third-order valence-electron chi connectivity index (χ3n) is 4.03. The van der Waals surface area contributed by atoms with Crippen molar-refractivity contribution in [3.8, 4) is 0 Å². The van der Waals surface area contributed by atoms with Gasteiger partial charge in [-0.25, -0.2) is 0 Å². The third-order valence-corrected chi connectivity index (χ3v) is 4.03. The molecule has 0 unspecified atom stereocenters. The fraction of sp³-hybridized carbons (Fsp3) is 0.900. The second-order valence-electron chi connectivity index (χ2n) is 6.40. The molecule has 0 radical (unpaired) electrons. The molecule has 0 saturated heterocycles. The van der Waals surface area contributed by atoms with Crippen LogP contribution in [0.4, 0.5) is 0 Å². The largest absolute Gasteiger partial charge is 1.00 e. The van der Waals surface area contributed by atoms with Gasteiger partial charge in [-0.2, -0.15) is 6.42 Å². The fourth-order valence-electron chi connectivity index (χ4n) is 2.55. The summed E-state index contributed by atoms with van der Waals surface area (Å²) >= 11 is 0. The van der Waals surface area contributed by atoms with Crippen LogP contribution < -0.4 is 35.3 Å². The predicted octanol–water partition coefficient (Wildman–Crippen LogP) is 3.12. The van der Waals surface area contributed by atoms with E-state index in [1.807, 2.05) is 0 Å². The van der Waals surface area contributed by atoms with Gasteiger partial charge in [0, 0.05) is 0 Å². The molecule has 0 bridgehead atoms. The van der Waals surface area contributed by atoms with Crippen LogP contribution in [-0.2, 0) is 4.79 Å². The SMILES string of the molecule is NCC(=O)O.[CH2-]CCCCCCCCCCCCCCCCC.[Na+]. The quantitative estimate of drug-likeness (QED) is 0.255. The summed E-state index contributed by atoms with van der Waals surface area (Å²) < 4.78 is 0. The number of aliphatic carboxylic acids is 1. The summed E-state index contributed by atoms with van der Waals surface area (Å²) in [6.45, 7) is 5.90. The van der Waals surface area contributed by atoms with Gasteiger partial charge in [-0.3, -0.25) is 4.79 Å². The molecule has 4 heteroatoms. The zero-order valence-electron chi connectivity index (χ0n) is 16.7. The Kier molecular flexibility index (Phi) is 34.4. The van der Waals surface area contributed by atoms with E-state index in [4.69, 9.17) is 5.11 Å². The Balaban J connectivity index is -0.000000639. The first-order valence-corrected chi connectivity index (χ1v) is 9.90. The van der Waals surface area contributed by atoms with Crippen LogP contribution in [0.3, 0.4) is 0 Å². The van der Waals surface area contributed by atoms with Crippen molar-refractivity contribution in [2.75, 3.05) is 6.54 Å². The molecule has 0 atom stereocenters. The Hall–Kier alpha value is 0.430. The number of carbonyl (C=O) groups is 1. The van der Waals surface area contributed by atoms with Gasteiger partial charge >= 0.3 is 35.5 Å². The van der Waals surface area contributed by atoms with Crippen molar-refractivity contribution < 1.29 is 39.5 Å². The Morgan fingerprint density at radius 1 is 0.750 bits per heavy atom. The van der Waals surface area contributed by atoms with Gasteiger partial charge in [0.05, 0.1) is 6.54 Å². The maximum Gasteiger partial charge on any atom is 1.00 e. The number of nitrogens with two attached hydrogens (primary N) is 1. The van der Waals surface area contributed by atoms with Crippen molar-refractivity contribution in [1.29, 1.82) is 0 Å². The Bertz CT molecular complexity index is 210. The molecule has 0 aromatic heterocycles. The number of unbranched alkanes of at least 4 members (excludes halogenated alkanes) is 15. The Labute approximate surface area is 173 Å². The number of carboxylic acid groups (broad SMARTS) is 1. The van der Waals surface area contributed by atoms with E-state index in [0.29, 0.717) is 0 Å². The second kappa shape index (κ2) is 28.2. The molecule has 0 rings (SSSR count). The topological polar surface area (TPSA) is 63.3 Å². The first-order chi connectivity index (χ1) is 11.2. The molecule has 0 aliphatic heterocycles. The van der Waals surface area contributed by atoms with Crippen LogP contribution in [0, 0.1) is 6.92 Å². The molecule has 0 aliphatic rings. The zero-order valence-corrected chi connectivity index (χ0v) is 18.7. The average molecular weight is 352 g/mol. The minimum absolute atomic E-state index is 0. The van der Waals surface area contributed by atoms with Gasteiger partial charge in [-0.15, -0.1) is 0 Å². The van der Waals surface area contributed by atoms with Crippen LogP contribution in [0.15, 0.2) is 0 Å². The summed E-state index contributed by atoms with van der Waals surface area (Å²) in [7, 11) is 0. The number of carboxylic acids is 1. The Morgan fingerprint density at radius 3 is 1.21 bits per heavy atom. The van der Waals surface area contributed by atoms with Crippen molar-refractivity contribution in [2.45, 2.75) is 110 Å². The standard InChI is InChI=1S/C18H37.C2H5NO2.Na/c1-3-5-7-9-11-13-15-17-18-16-14-12-10-8-6-4-2;3-1-2(4)5;/h1,3-18H2,2H3;1,3H2,(H,4,5);/q-1;;+1. The number of hydrogen-bond donors (Lipinski definition) is 2. The molecule has 0 aliphatic carbocycles. The van der Waals surface area contributed by atoms with E-state index in [1.54, 1.807) is 0 Å². The van der Waals surface area contributed by atoms with Crippen molar-refractivity contribution in [3.05, 3.63) is 6.92 Å². The molecule has 0 aromatic carbocycles. The maximum absolute atomic E-state index is 9.24. The van der Waals surface area contributed by atoms with Crippen molar-refractivity contribution in [3.63, 3.8) is 0 Å². The average Bonchev–Trinajstić information content (AvgIpc) is 2.55. The van der Waals surface area contributed by atoms with Gasteiger partial charge in [0.2, 0.25) is 0 Å². The Morgan fingerprint density at radius 2 is 1.00 bits per heavy atom. The summed E-state index contributed by atoms with van der Waals surface area (Å²) in [5.74, 6) is -0.968. The molecule has 3 N–H and O–H groups in total. The molecule has 0 aromatic rings. The summed E-state index contributed by atoms with van der Waals surface area (Å²) in [4.78, 5) is 9.24. The molecule has 0 amide bonds. The predicted molar refractivity (Wildman–Crippen MR) is 102 cm³/mol. The van der Waals surface area contributed by atoms with E-state index in [2.05, 4.69) is 19.6 Å². The molecular formula is C20H42NNaO2. The van der Waals surface area contributed by atoms with Crippen molar-refractivity contribution in [2.24, 2.45) is 5.73 Å². The van der Waals surface area contributed by atoms with Crippen LogP contribution in [-0.4, -0.2) is 17.6 Å². The van der Waals surface area contributed by atoms with Gasteiger partial charge < -0.3 is 17.8 Å². The van der Waals surface area contributed by atoms with Crippen molar-refractivity contribution >= 4 is 5.97 Å². The van der Waals surface area contributed by atoms with Gasteiger partial charge in [0.25, 0.3) is 0 Å². The second-order valence-corrected chi connectivity index (χ2v) is 6.40. The number of hydrogen-bond acceptors (Lipinski definition) is 2. The van der Waals surface area contributed by atoms with E-state index in [-0.39, 0.29) is 36.1 Å². The number of rotatable bonds is 16.